The summed E-state index contributed by atoms with van der Waals surface area (Å²) in [5.41, 5.74) is -0.309. The third-order valence-corrected chi connectivity index (χ3v) is 3.52. The van der Waals surface area contributed by atoms with Crippen molar-refractivity contribution in [1.29, 1.82) is 0 Å². The first-order valence-corrected chi connectivity index (χ1v) is 4.46. The van der Waals surface area contributed by atoms with Crippen LogP contribution in [0, 0.1) is 11.8 Å². The van der Waals surface area contributed by atoms with Crippen molar-refractivity contribution < 1.29 is 14.6 Å². The maximum Gasteiger partial charge on any atom is 0.309 e. The molecule has 3 unspecified atom stereocenters. The van der Waals surface area contributed by atoms with E-state index in [1.807, 2.05) is 0 Å². The molecule has 2 aliphatic rings. The van der Waals surface area contributed by atoms with E-state index in [-0.39, 0.29) is 11.5 Å². The second kappa shape index (κ2) is 2.46. The number of carbonyl (C=O) groups is 1. The molecule has 3 nitrogen and oxygen atoms in total. The van der Waals surface area contributed by atoms with Crippen LogP contribution in [-0.4, -0.2) is 23.8 Å². The van der Waals surface area contributed by atoms with Crippen LogP contribution in [-0.2, 0) is 9.53 Å². The Morgan fingerprint density at radius 3 is 2.83 bits per heavy atom. The number of fused-ring (bicyclic) bond motifs is 2. The molecule has 0 aromatic carbocycles. The Morgan fingerprint density at radius 1 is 1.67 bits per heavy atom. The molecule has 2 saturated carbocycles. The average Bonchev–Trinajstić information content (AvgIpc) is 2.60. The summed E-state index contributed by atoms with van der Waals surface area (Å²) in [6, 6.07) is 0. The number of aliphatic carboxylic acids is 1. The predicted octanol–water partition coefficient (Wildman–Crippen LogP) is 1.28. The lowest BCUT2D eigenvalue weighted by molar-refractivity contribution is -0.152. The molecule has 2 rings (SSSR count). The van der Waals surface area contributed by atoms with Crippen LogP contribution in [0.2, 0.25) is 0 Å². The van der Waals surface area contributed by atoms with Crippen molar-refractivity contribution in [3.05, 3.63) is 0 Å². The van der Waals surface area contributed by atoms with E-state index in [1.165, 1.54) is 0 Å². The van der Waals surface area contributed by atoms with E-state index in [9.17, 15) is 4.79 Å². The number of carboxylic acids is 1. The summed E-state index contributed by atoms with van der Waals surface area (Å²) in [7, 11) is 1.64. The Bertz CT molecular complexity index is 214. The van der Waals surface area contributed by atoms with Crippen molar-refractivity contribution in [2.24, 2.45) is 11.8 Å². The van der Waals surface area contributed by atoms with Crippen molar-refractivity contribution in [2.75, 3.05) is 7.11 Å². The monoisotopic (exact) mass is 170 g/mol. The molecule has 68 valence electrons. The summed E-state index contributed by atoms with van der Waals surface area (Å²) in [5.74, 6) is -0.327. The Hall–Kier alpha value is -0.570. The molecule has 2 aliphatic carbocycles. The topological polar surface area (TPSA) is 46.5 Å². The van der Waals surface area contributed by atoms with E-state index >= 15 is 0 Å². The number of hydrogen-bond acceptors (Lipinski definition) is 2. The molecule has 0 heterocycles. The van der Waals surface area contributed by atoms with Crippen molar-refractivity contribution in [2.45, 2.75) is 31.3 Å². The van der Waals surface area contributed by atoms with E-state index < -0.39 is 5.97 Å². The van der Waals surface area contributed by atoms with E-state index in [0.717, 1.165) is 25.7 Å². The molecule has 2 fully saturated rings. The number of ether oxygens (including phenoxy) is 1. The SMILES string of the molecule is COC12CCC(CC1C(=O)O)C2. The summed E-state index contributed by atoms with van der Waals surface area (Å²) >= 11 is 0. The summed E-state index contributed by atoms with van der Waals surface area (Å²) in [6.45, 7) is 0. The second-order valence-electron chi connectivity index (χ2n) is 4.00. The fourth-order valence-electron chi connectivity index (χ4n) is 2.86. The van der Waals surface area contributed by atoms with E-state index in [4.69, 9.17) is 9.84 Å². The van der Waals surface area contributed by atoms with E-state index in [0.29, 0.717) is 5.92 Å². The van der Waals surface area contributed by atoms with Crippen molar-refractivity contribution >= 4 is 5.97 Å². The molecule has 0 aliphatic heterocycles. The average molecular weight is 170 g/mol. The Kier molecular flexibility index (Phi) is 1.65. The van der Waals surface area contributed by atoms with Gasteiger partial charge in [-0.2, -0.15) is 0 Å². The number of hydrogen-bond donors (Lipinski definition) is 1. The largest absolute Gasteiger partial charge is 0.481 e. The quantitative estimate of drug-likeness (QED) is 0.679. The van der Waals surface area contributed by atoms with Crippen LogP contribution in [0.25, 0.3) is 0 Å². The lowest BCUT2D eigenvalue weighted by atomic mass is 9.85. The van der Waals surface area contributed by atoms with Gasteiger partial charge in [0.05, 0.1) is 11.5 Å². The third-order valence-electron chi connectivity index (χ3n) is 3.52. The van der Waals surface area contributed by atoms with Gasteiger partial charge in [0.15, 0.2) is 0 Å². The Balaban J connectivity index is 2.22. The zero-order valence-electron chi connectivity index (χ0n) is 7.25. The third kappa shape index (κ3) is 0.891. The highest BCUT2D eigenvalue weighted by Crippen LogP contribution is 2.53. The molecule has 0 spiro atoms. The zero-order valence-corrected chi connectivity index (χ0v) is 7.25. The number of methoxy groups -OCH3 is 1. The van der Waals surface area contributed by atoms with Crippen molar-refractivity contribution in [3.8, 4) is 0 Å². The van der Waals surface area contributed by atoms with Crippen LogP contribution in [0.3, 0.4) is 0 Å². The first-order chi connectivity index (χ1) is 5.68. The van der Waals surface area contributed by atoms with Crippen LogP contribution in [0.4, 0.5) is 0 Å². The van der Waals surface area contributed by atoms with Crippen LogP contribution in [0.1, 0.15) is 25.7 Å². The maximum absolute atomic E-state index is 10.9. The van der Waals surface area contributed by atoms with E-state index in [1.54, 1.807) is 7.11 Å². The van der Waals surface area contributed by atoms with Crippen LogP contribution >= 0.6 is 0 Å². The minimum atomic E-state index is -0.681. The minimum Gasteiger partial charge on any atom is -0.481 e. The lowest BCUT2D eigenvalue weighted by Gasteiger charge is -2.30. The molecule has 0 radical (unpaired) electrons. The van der Waals surface area contributed by atoms with Gasteiger partial charge in [-0.1, -0.05) is 0 Å². The molecule has 3 heteroatoms. The smallest absolute Gasteiger partial charge is 0.309 e. The summed E-state index contributed by atoms with van der Waals surface area (Å²) in [4.78, 5) is 10.9. The van der Waals surface area contributed by atoms with Gasteiger partial charge in [0.1, 0.15) is 0 Å². The highest BCUT2D eigenvalue weighted by atomic mass is 16.5. The molecule has 2 bridgehead atoms. The fraction of sp³-hybridized carbons (Fsp3) is 0.889. The van der Waals surface area contributed by atoms with E-state index in [2.05, 4.69) is 0 Å². The van der Waals surface area contributed by atoms with Crippen LogP contribution < -0.4 is 0 Å². The molecule has 0 aromatic rings. The molecule has 3 atom stereocenters. The molecular formula is C9H14O3. The number of carboxylic acid groups (broad SMARTS) is 1. The molecule has 0 aromatic heterocycles. The standard InChI is InChI=1S/C9H14O3/c1-12-9-3-2-6(5-9)4-7(9)8(10)11/h6-7H,2-5H2,1H3,(H,10,11). The molecule has 0 saturated heterocycles. The normalized spacial score (nSPS) is 45.1. The molecular weight excluding hydrogens is 156 g/mol. The van der Waals surface area contributed by atoms with Gasteiger partial charge < -0.3 is 9.84 Å². The minimum absolute atomic E-state index is 0.249. The van der Waals surface area contributed by atoms with Gasteiger partial charge in [-0.05, 0) is 31.6 Å². The lowest BCUT2D eigenvalue weighted by Crippen LogP contribution is -2.39. The van der Waals surface area contributed by atoms with Gasteiger partial charge >= 0.3 is 5.97 Å². The molecule has 12 heavy (non-hydrogen) atoms. The first kappa shape index (κ1) is 8.05. The summed E-state index contributed by atoms with van der Waals surface area (Å²) < 4.78 is 5.38. The predicted molar refractivity (Wildman–Crippen MR) is 42.8 cm³/mol. The van der Waals surface area contributed by atoms with Gasteiger partial charge in [0.25, 0.3) is 0 Å². The van der Waals surface area contributed by atoms with Gasteiger partial charge in [0, 0.05) is 7.11 Å². The first-order valence-electron chi connectivity index (χ1n) is 4.46. The molecule has 1 N–H and O–H groups in total. The van der Waals surface area contributed by atoms with Gasteiger partial charge in [-0.25, -0.2) is 0 Å². The second-order valence-corrected chi connectivity index (χ2v) is 4.00. The summed E-state index contributed by atoms with van der Waals surface area (Å²) in [6.07, 6.45) is 3.87. The van der Waals surface area contributed by atoms with Gasteiger partial charge in [0.2, 0.25) is 0 Å². The van der Waals surface area contributed by atoms with Gasteiger partial charge in [-0.3, -0.25) is 4.79 Å². The number of rotatable bonds is 2. The highest BCUT2D eigenvalue weighted by molar-refractivity contribution is 5.72. The van der Waals surface area contributed by atoms with Crippen molar-refractivity contribution in [3.63, 3.8) is 0 Å². The van der Waals surface area contributed by atoms with Crippen LogP contribution in [0.5, 0.6) is 0 Å². The van der Waals surface area contributed by atoms with Crippen LogP contribution in [0.15, 0.2) is 0 Å². The fourth-order valence-corrected chi connectivity index (χ4v) is 2.86. The molecule has 0 amide bonds. The zero-order chi connectivity index (χ0) is 8.77. The Labute approximate surface area is 71.7 Å². The Morgan fingerprint density at radius 2 is 2.42 bits per heavy atom. The van der Waals surface area contributed by atoms with Crippen molar-refractivity contribution in [1.82, 2.24) is 0 Å². The summed E-state index contributed by atoms with van der Waals surface area (Å²) in [5, 5.41) is 8.95. The van der Waals surface area contributed by atoms with Gasteiger partial charge in [-0.15, -0.1) is 0 Å². The maximum atomic E-state index is 10.9. The highest BCUT2D eigenvalue weighted by Gasteiger charge is 2.55.